The Morgan fingerprint density at radius 3 is 2.45 bits per heavy atom. The third-order valence-electron chi connectivity index (χ3n) is 6.47. The molecule has 6 rings (SSSR count). The molecule has 0 radical (unpaired) electrons. The van der Waals surface area contributed by atoms with Crippen molar-refractivity contribution in [3.63, 3.8) is 0 Å². The molecule has 3 heterocycles. The minimum atomic E-state index is 0.922. The first kappa shape index (κ1) is 18.0. The first-order chi connectivity index (χ1) is 15.1. The monoisotopic (exact) mass is 403 g/mol. The van der Waals surface area contributed by atoms with Gasteiger partial charge in [0.15, 0.2) is 6.20 Å². The molecule has 6 aromatic rings. The molecule has 0 fully saturated rings. The van der Waals surface area contributed by atoms with Crippen LogP contribution < -0.4 is 4.57 Å². The van der Waals surface area contributed by atoms with Gasteiger partial charge in [-0.3, -0.25) is 0 Å². The van der Waals surface area contributed by atoms with Crippen LogP contribution in [0.4, 0.5) is 0 Å². The Morgan fingerprint density at radius 2 is 1.61 bits per heavy atom. The molecule has 0 aliphatic heterocycles. The lowest BCUT2D eigenvalue weighted by molar-refractivity contribution is -0.660. The Balaban J connectivity index is 1.79. The molecule has 0 atom stereocenters. The third kappa shape index (κ3) is 2.56. The summed E-state index contributed by atoms with van der Waals surface area (Å²) in [4.78, 5) is 0. The van der Waals surface area contributed by atoms with E-state index in [0.29, 0.717) is 0 Å². The maximum absolute atomic E-state index is 6.37. The van der Waals surface area contributed by atoms with Crippen molar-refractivity contribution >= 4 is 32.8 Å². The standard InChI is InChI=1S/C28H23N2O/c1-18-21(24-16-19-10-4-6-12-22(19)30(24)3)17-26-28(20-11-5-7-14-25(20)31-26)27(18)23-13-8-9-15-29(23)2/h4-17H,1-3H3/q+1. The van der Waals surface area contributed by atoms with Crippen LogP contribution in [-0.2, 0) is 14.1 Å². The number of nitrogens with zero attached hydrogens (tertiary/aromatic N) is 2. The zero-order chi connectivity index (χ0) is 21.1. The van der Waals surface area contributed by atoms with Crippen molar-refractivity contribution < 1.29 is 8.98 Å². The van der Waals surface area contributed by atoms with Crippen molar-refractivity contribution in [1.82, 2.24) is 4.57 Å². The van der Waals surface area contributed by atoms with Gasteiger partial charge >= 0.3 is 0 Å². The first-order valence-electron chi connectivity index (χ1n) is 10.6. The van der Waals surface area contributed by atoms with Gasteiger partial charge in [-0.1, -0.05) is 36.4 Å². The normalized spacial score (nSPS) is 11.7. The molecule has 0 saturated carbocycles. The molecule has 0 unspecified atom stereocenters. The molecular weight excluding hydrogens is 380 g/mol. The average molecular weight is 404 g/mol. The summed E-state index contributed by atoms with van der Waals surface area (Å²) in [6.07, 6.45) is 2.10. The van der Waals surface area contributed by atoms with E-state index < -0.39 is 0 Å². The van der Waals surface area contributed by atoms with Gasteiger partial charge in [0.1, 0.15) is 18.2 Å². The fourth-order valence-corrected chi connectivity index (χ4v) is 4.90. The molecule has 0 bridgehead atoms. The number of aryl methyl sites for hydroxylation is 2. The maximum atomic E-state index is 6.37. The molecule has 3 aromatic carbocycles. The summed E-state index contributed by atoms with van der Waals surface area (Å²) in [6.45, 7) is 2.23. The summed E-state index contributed by atoms with van der Waals surface area (Å²) >= 11 is 0. The number of aromatic nitrogens is 2. The fourth-order valence-electron chi connectivity index (χ4n) is 4.90. The highest BCUT2D eigenvalue weighted by Crippen LogP contribution is 2.42. The highest BCUT2D eigenvalue weighted by molar-refractivity contribution is 6.14. The van der Waals surface area contributed by atoms with Gasteiger partial charge in [-0.15, -0.1) is 0 Å². The van der Waals surface area contributed by atoms with Crippen LogP contribution >= 0.6 is 0 Å². The minimum Gasteiger partial charge on any atom is -0.456 e. The van der Waals surface area contributed by atoms with E-state index >= 15 is 0 Å². The molecule has 0 aliphatic rings. The summed E-state index contributed by atoms with van der Waals surface area (Å²) in [7, 11) is 4.24. The summed E-state index contributed by atoms with van der Waals surface area (Å²) < 4.78 is 10.8. The van der Waals surface area contributed by atoms with Crippen LogP contribution in [0.3, 0.4) is 0 Å². The number of hydrogen-bond acceptors (Lipinski definition) is 1. The molecule has 0 spiro atoms. The topological polar surface area (TPSA) is 21.9 Å². The predicted molar refractivity (Wildman–Crippen MR) is 127 cm³/mol. The molecule has 0 aliphatic carbocycles. The Bertz CT molecular complexity index is 1620. The van der Waals surface area contributed by atoms with E-state index in [1.54, 1.807) is 0 Å². The number of furan rings is 1. The van der Waals surface area contributed by atoms with Gasteiger partial charge in [0.2, 0.25) is 5.69 Å². The number of benzene rings is 3. The van der Waals surface area contributed by atoms with Crippen molar-refractivity contribution in [1.29, 1.82) is 0 Å². The molecule has 0 saturated heterocycles. The Labute approximate surface area is 180 Å². The first-order valence-corrected chi connectivity index (χ1v) is 10.6. The van der Waals surface area contributed by atoms with Gasteiger partial charge in [-0.25, -0.2) is 4.57 Å². The van der Waals surface area contributed by atoms with E-state index in [-0.39, 0.29) is 0 Å². The lowest BCUT2D eigenvalue weighted by atomic mass is 9.92. The van der Waals surface area contributed by atoms with Crippen LogP contribution in [0.5, 0.6) is 0 Å². The van der Waals surface area contributed by atoms with E-state index in [2.05, 4.69) is 109 Å². The smallest absolute Gasteiger partial charge is 0.213 e. The van der Waals surface area contributed by atoms with Gasteiger partial charge in [-0.2, -0.15) is 0 Å². The van der Waals surface area contributed by atoms with Crippen molar-refractivity contribution in [2.24, 2.45) is 14.1 Å². The SMILES string of the molecule is Cc1c(-c2cc3ccccc3n2C)cc2oc3ccccc3c2c1-c1cccc[n+]1C. The molecule has 150 valence electrons. The summed E-state index contributed by atoms with van der Waals surface area (Å²) in [5, 5.41) is 3.58. The van der Waals surface area contributed by atoms with E-state index in [0.717, 1.165) is 16.6 Å². The lowest BCUT2D eigenvalue weighted by Crippen LogP contribution is -2.30. The number of rotatable bonds is 2. The third-order valence-corrected chi connectivity index (χ3v) is 6.47. The quantitative estimate of drug-likeness (QED) is 0.301. The predicted octanol–water partition coefficient (Wildman–Crippen LogP) is 6.54. The van der Waals surface area contributed by atoms with Crippen molar-refractivity contribution in [3.05, 3.63) is 90.6 Å². The number of hydrogen-bond donors (Lipinski definition) is 0. The zero-order valence-corrected chi connectivity index (χ0v) is 17.9. The highest BCUT2D eigenvalue weighted by Gasteiger charge is 2.24. The number of pyridine rings is 1. The van der Waals surface area contributed by atoms with Crippen molar-refractivity contribution in [2.75, 3.05) is 0 Å². The average Bonchev–Trinajstić information content (AvgIpc) is 3.32. The van der Waals surface area contributed by atoms with E-state index in [1.807, 2.05) is 6.07 Å². The van der Waals surface area contributed by atoms with E-state index in [4.69, 9.17) is 4.42 Å². The van der Waals surface area contributed by atoms with Crippen LogP contribution in [0.15, 0.2) is 89.5 Å². The van der Waals surface area contributed by atoms with Crippen LogP contribution in [0, 0.1) is 6.92 Å². The molecule has 3 heteroatoms. The molecule has 31 heavy (non-hydrogen) atoms. The van der Waals surface area contributed by atoms with Gasteiger partial charge in [0.25, 0.3) is 0 Å². The molecular formula is C28H23N2O+. The molecule has 0 amide bonds. The Morgan fingerprint density at radius 1 is 0.839 bits per heavy atom. The van der Waals surface area contributed by atoms with Crippen LogP contribution in [0.25, 0.3) is 55.4 Å². The number of fused-ring (bicyclic) bond motifs is 4. The summed E-state index contributed by atoms with van der Waals surface area (Å²) in [5.41, 5.74) is 9.13. The van der Waals surface area contributed by atoms with Crippen LogP contribution in [0.1, 0.15) is 5.56 Å². The van der Waals surface area contributed by atoms with Gasteiger partial charge in [-0.05, 0) is 42.8 Å². The Hall–Kier alpha value is -3.85. The lowest BCUT2D eigenvalue weighted by Gasteiger charge is -2.13. The van der Waals surface area contributed by atoms with Crippen molar-refractivity contribution in [3.8, 4) is 22.5 Å². The highest BCUT2D eigenvalue weighted by atomic mass is 16.3. The van der Waals surface area contributed by atoms with Crippen LogP contribution in [-0.4, -0.2) is 4.57 Å². The van der Waals surface area contributed by atoms with E-state index in [1.165, 1.54) is 44.4 Å². The fraction of sp³-hybridized carbons (Fsp3) is 0.107. The zero-order valence-electron chi connectivity index (χ0n) is 17.9. The van der Waals surface area contributed by atoms with Gasteiger partial charge < -0.3 is 8.98 Å². The second-order valence-corrected chi connectivity index (χ2v) is 8.24. The largest absolute Gasteiger partial charge is 0.456 e. The maximum Gasteiger partial charge on any atom is 0.213 e. The number of para-hydroxylation sites is 2. The molecule has 3 nitrogen and oxygen atoms in total. The van der Waals surface area contributed by atoms with Crippen molar-refractivity contribution in [2.45, 2.75) is 6.92 Å². The molecule has 3 aromatic heterocycles. The minimum absolute atomic E-state index is 0.922. The van der Waals surface area contributed by atoms with E-state index in [9.17, 15) is 0 Å². The summed E-state index contributed by atoms with van der Waals surface area (Å²) in [6, 6.07) is 27.7. The molecule has 0 N–H and O–H groups in total. The Kier molecular flexibility index (Phi) is 3.81. The van der Waals surface area contributed by atoms with Gasteiger partial charge in [0, 0.05) is 52.1 Å². The summed E-state index contributed by atoms with van der Waals surface area (Å²) in [5.74, 6) is 0. The second-order valence-electron chi connectivity index (χ2n) is 8.24. The van der Waals surface area contributed by atoms with Gasteiger partial charge in [0.05, 0.1) is 5.56 Å². The van der Waals surface area contributed by atoms with Crippen LogP contribution in [0.2, 0.25) is 0 Å². The second kappa shape index (κ2) is 6.58.